The largest absolute Gasteiger partial charge is 0.455 e. The van der Waals surface area contributed by atoms with Gasteiger partial charge in [-0.15, -0.1) is 0 Å². The van der Waals surface area contributed by atoms with Crippen molar-refractivity contribution >= 4 is 71.3 Å². The number of fused-ring (bicyclic) bond motifs is 11. The Hall–Kier alpha value is -7.42. The van der Waals surface area contributed by atoms with Crippen molar-refractivity contribution in [3.63, 3.8) is 0 Å². The maximum absolute atomic E-state index is 6.83. The number of rotatable bonds is 5. The van der Waals surface area contributed by atoms with Gasteiger partial charge >= 0.3 is 0 Å². The second-order valence-electron chi connectivity index (χ2n) is 16.5. The Balaban J connectivity index is 1.02. The molecule has 0 amide bonds. The summed E-state index contributed by atoms with van der Waals surface area (Å²) in [7, 11) is 0. The molecule has 0 saturated heterocycles. The topological polar surface area (TPSA) is 16.4 Å². The van der Waals surface area contributed by atoms with E-state index in [0.29, 0.717) is 0 Å². The average Bonchev–Trinajstić information content (AvgIpc) is 3.80. The number of nitrogens with zero attached hydrogens (tertiary/aromatic N) is 1. The average molecular weight is 754 g/mol. The maximum atomic E-state index is 6.83. The summed E-state index contributed by atoms with van der Waals surface area (Å²) < 4.78 is 6.83. The van der Waals surface area contributed by atoms with Gasteiger partial charge in [-0.05, 0) is 114 Å². The molecule has 0 radical (unpaired) electrons. The van der Waals surface area contributed by atoms with Crippen LogP contribution in [0.5, 0.6) is 0 Å². The quantitative estimate of drug-likeness (QED) is 0.174. The van der Waals surface area contributed by atoms with Gasteiger partial charge in [0.1, 0.15) is 11.2 Å². The minimum Gasteiger partial charge on any atom is -0.455 e. The number of benzene rings is 10. The third-order valence-corrected chi connectivity index (χ3v) is 12.8. The first-order chi connectivity index (χ1) is 29.0. The molecule has 0 spiro atoms. The second-order valence-corrected chi connectivity index (χ2v) is 16.5. The van der Waals surface area contributed by atoms with Gasteiger partial charge < -0.3 is 9.32 Å². The van der Waals surface area contributed by atoms with E-state index in [0.717, 1.165) is 39.4 Å². The van der Waals surface area contributed by atoms with Gasteiger partial charge in [-0.1, -0.05) is 166 Å². The third kappa shape index (κ3) is 5.13. The standard InChI is InChI=1S/C57H39NO/c1-57(2)50-34-40(36-13-4-3-5-14-36)25-30-47(50)48-31-29-43(35-51(48)57)58(52-22-12-18-37-15-6-9-19-44(37)52)42-27-23-39(24-28-42)49-33-41-17-8-11-21-46(41)55-54-45-20-10-7-16-38(45)26-32-53(54)59-56(49)55/h3-35H,1-2H3. The molecule has 278 valence electrons. The van der Waals surface area contributed by atoms with E-state index in [1.807, 2.05) is 0 Å². The van der Waals surface area contributed by atoms with Crippen molar-refractivity contribution in [3.05, 3.63) is 211 Å². The van der Waals surface area contributed by atoms with Gasteiger partial charge in [-0.25, -0.2) is 0 Å². The van der Waals surface area contributed by atoms with Crippen LogP contribution in [0.1, 0.15) is 25.0 Å². The summed E-state index contributed by atoms with van der Waals surface area (Å²) in [4.78, 5) is 2.43. The van der Waals surface area contributed by atoms with E-state index in [1.165, 1.54) is 76.5 Å². The van der Waals surface area contributed by atoms with Gasteiger partial charge in [0.05, 0.1) is 5.69 Å². The van der Waals surface area contributed by atoms with Crippen LogP contribution in [-0.4, -0.2) is 0 Å². The van der Waals surface area contributed by atoms with Crippen molar-refractivity contribution in [2.75, 3.05) is 4.90 Å². The van der Waals surface area contributed by atoms with E-state index in [2.05, 4.69) is 219 Å². The molecule has 0 bridgehead atoms. The Morgan fingerprint density at radius 2 is 0.983 bits per heavy atom. The summed E-state index contributed by atoms with van der Waals surface area (Å²) in [6.45, 7) is 4.75. The Morgan fingerprint density at radius 3 is 1.76 bits per heavy atom. The van der Waals surface area contributed by atoms with Crippen LogP contribution in [0, 0.1) is 0 Å². The van der Waals surface area contributed by atoms with Crippen LogP contribution >= 0.6 is 0 Å². The normalized spacial score (nSPS) is 13.1. The van der Waals surface area contributed by atoms with E-state index in [9.17, 15) is 0 Å². The van der Waals surface area contributed by atoms with Crippen molar-refractivity contribution in [1.82, 2.24) is 0 Å². The lowest BCUT2D eigenvalue weighted by atomic mass is 9.81. The third-order valence-electron chi connectivity index (χ3n) is 12.8. The lowest BCUT2D eigenvalue weighted by Crippen LogP contribution is -2.16. The molecule has 12 rings (SSSR count). The Morgan fingerprint density at radius 1 is 0.390 bits per heavy atom. The van der Waals surface area contributed by atoms with Gasteiger partial charge in [0.15, 0.2) is 0 Å². The lowest BCUT2D eigenvalue weighted by Gasteiger charge is -2.29. The van der Waals surface area contributed by atoms with E-state index in [4.69, 9.17) is 4.42 Å². The van der Waals surface area contributed by atoms with Crippen LogP contribution in [0.3, 0.4) is 0 Å². The van der Waals surface area contributed by atoms with Crippen molar-refractivity contribution in [2.45, 2.75) is 19.3 Å². The van der Waals surface area contributed by atoms with Gasteiger partial charge in [0.25, 0.3) is 0 Å². The molecule has 1 aromatic heterocycles. The van der Waals surface area contributed by atoms with Crippen molar-refractivity contribution in [1.29, 1.82) is 0 Å². The summed E-state index contributed by atoms with van der Waals surface area (Å²) in [5.41, 5.74) is 15.1. The summed E-state index contributed by atoms with van der Waals surface area (Å²) in [5.74, 6) is 0. The molecule has 0 unspecified atom stereocenters. The molecule has 10 aromatic carbocycles. The SMILES string of the molecule is CC1(C)c2cc(-c3ccccc3)ccc2-c2ccc(N(c3ccc(-c4cc5ccccc5c5c4oc4ccc6ccccc6c45)cc3)c3cccc4ccccc34)cc21. The molecular weight excluding hydrogens is 715 g/mol. The fourth-order valence-electron chi connectivity index (χ4n) is 9.90. The summed E-state index contributed by atoms with van der Waals surface area (Å²) in [6.07, 6.45) is 0. The van der Waals surface area contributed by atoms with Crippen LogP contribution in [0.2, 0.25) is 0 Å². The van der Waals surface area contributed by atoms with Crippen LogP contribution < -0.4 is 4.90 Å². The number of hydrogen-bond acceptors (Lipinski definition) is 2. The Kier molecular flexibility index (Phi) is 7.31. The van der Waals surface area contributed by atoms with Gasteiger partial charge in [0.2, 0.25) is 0 Å². The Labute approximate surface area is 343 Å². The fraction of sp³-hybridized carbons (Fsp3) is 0.0526. The molecule has 0 saturated carbocycles. The molecule has 1 aliphatic carbocycles. The molecule has 0 aliphatic heterocycles. The van der Waals surface area contributed by atoms with Gasteiger partial charge in [0, 0.05) is 38.5 Å². The molecule has 1 aliphatic rings. The zero-order chi connectivity index (χ0) is 39.2. The predicted octanol–water partition coefficient (Wildman–Crippen LogP) is 16.2. The maximum Gasteiger partial charge on any atom is 0.143 e. The predicted molar refractivity (Wildman–Crippen MR) is 249 cm³/mol. The van der Waals surface area contributed by atoms with Gasteiger partial charge in [-0.3, -0.25) is 0 Å². The minimum absolute atomic E-state index is 0.181. The highest BCUT2D eigenvalue weighted by atomic mass is 16.3. The van der Waals surface area contributed by atoms with Crippen LogP contribution in [0.15, 0.2) is 205 Å². The highest BCUT2D eigenvalue weighted by Gasteiger charge is 2.36. The molecule has 59 heavy (non-hydrogen) atoms. The van der Waals surface area contributed by atoms with Gasteiger partial charge in [-0.2, -0.15) is 0 Å². The highest BCUT2D eigenvalue weighted by Crippen LogP contribution is 2.52. The molecule has 2 heteroatoms. The first-order valence-electron chi connectivity index (χ1n) is 20.5. The van der Waals surface area contributed by atoms with E-state index in [-0.39, 0.29) is 5.41 Å². The molecule has 2 nitrogen and oxygen atoms in total. The van der Waals surface area contributed by atoms with E-state index in [1.54, 1.807) is 0 Å². The summed E-state index contributed by atoms with van der Waals surface area (Å²) in [6, 6.07) is 73.1. The van der Waals surface area contributed by atoms with Crippen LogP contribution in [-0.2, 0) is 5.41 Å². The van der Waals surface area contributed by atoms with Crippen molar-refractivity contribution < 1.29 is 4.42 Å². The van der Waals surface area contributed by atoms with Crippen molar-refractivity contribution in [2.24, 2.45) is 0 Å². The van der Waals surface area contributed by atoms with Crippen molar-refractivity contribution in [3.8, 4) is 33.4 Å². The zero-order valence-electron chi connectivity index (χ0n) is 32.9. The molecule has 0 atom stereocenters. The Bertz CT molecular complexity index is 3460. The smallest absolute Gasteiger partial charge is 0.143 e. The summed E-state index contributed by atoms with van der Waals surface area (Å²) >= 11 is 0. The zero-order valence-corrected chi connectivity index (χ0v) is 32.9. The molecule has 0 N–H and O–H groups in total. The molecule has 0 fully saturated rings. The lowest BCUT2D eigenvalue weighted by molar-refractivity contribution is 0.660. The monoisotopic (exact) mass is 753 g/mol. The van der Waals surface area contributed by atoms with Crippen LogP contribution in [0.25, 0.3) is 87.6 Å². The minimum atomic E-state index is -0.181. The second kappa shape index (κ2) is 12.8. The fourth-order valence-corrected chi connectivity index (χ4v) is 9.90. The number of hydrogen-bond donors (Lipinski definition) is 0. The number of anilines is 3. The molecule has 1 heterocycles. The first kappa shape index (κ1) is 33.7. The molecular formula is C57H39NO. The highest BCUT2D eigenvalue weighted by molar-refractivity contribution is 6.28. The summed E-state index contributed by atoms with van der Waals surface area (Å²) in [5, 5.41) is 9.60. The van der Waals surface area contributed by atoms with Crippen LogP contribution in [0.4, 0.5) is 17.1 Å². The number of furan rings is 1. The first-order valence-corrected chi connectivity index (χ1v) is 20.5. The van der Waals surface area contributed by atoms with E-state index >= 15 is 0 Å². The molecule has 11 aromatic rings. The van der Waals surface area contributed by atoms with E-state index < -0.39 is 0 Å².